The summed E-state index contributed by atoms with van der Waals surface area (Å²) < 4.78 is 3.81. The molecule has 0 aliphatic rings. The van der Waals surface area contributed by atoms with Gasteiger partial charge in [-0.1, -0.05) is 6.92 Å². The Kier molecular flexibility index (Phi) is 5.06. The molecule has 1 N–H and O–H groups in total. The van der Waals surface area contributed by atoms with Crippen LogP contribution < -0.4 is 5.32 Å². The SMILES string of the molecule is CCCNC(Cc1ccc(Br)cn1)c1cc2sccc2s1. The number of pyridine rings is 1. The van der Waals surface area contributed by atoms with Crippen LogP contribution in [-0.2, 0) is 6.42 Å². The third kappa shape index (κ3) is 3.72. The third-order valence-electron chi connectivity index (χ3n) is 3.34. The van der Waals surface area contributed by atoms with Crippen LogP contribution in [0.1, 0.15) is 30.0 Å². The van der Waals surface area contributed by atoms with Gasteiger partial charge in [0, 0.05) is 43.1 Å². The number of hydrogen-bond donors (Lipinski definition) is 1. The molecule has 0 amide bonds. The first-order valence-electron chi connectivity index (χ1n) is 7.07. The summed E-state index contributed by atoms with van der Waals surface area (Å²) >= 11 is 7.16. The Balaban J connectivity index is 1.82. The van der Waals surface area contributed by atoms with Gasteiger partial charge in [0.1, 0.15) is 0 Å². The number of thiophene rings is 2. The van der Waals surface area contributed by atoms with Crippen molar-refractivity contribution >= 4 is 48.0 Å². The molecule has 21 heavy (non-hydrogen) atoms. The number of halogens is 1. The maximum absolute atomic E-state index is 4.51. The van der Waals surface area contributed by atoms with E-state index < -0.39 is 0 Å². The van der Waals surface area contributed by atoms with E-state index in [9.17, 15) is 0 Å². The molecule has 0 saturated heterocycles. The Bertz CT molecular complexity index is 674. The Morgan fingerprint density at radius 2 is 2.19 bits per heavy atom. The van der Waals surface area contributed by atoms with Gasteiger partial charge in [-0.2, -0.15) is 0 Å². The number of aromatic nitrogens is 1. The highest BCUT2D eigenvalue weighted by Crippen LogP contribution is 2.34. The van der Waals surface area contributed by atoms with Gasteiger partial charge in [0.25, 0.3) is 0 Å². The van der Waals surface area contributed by atoms with Crippen molar-refractivity contribution < 1.29 is 0 Å². The predicted molar refractivity (Wildman–Crippen MR) is 96.4 cm³/mol. The maximum atomic E-state index is 4.51. The van der Waals surface area contributed by atoms with Gasteiger partial charge < -0.3 is 5.32 Å². The standard InChI is InChI=1S/C16H17BrN2S2/c1-2-6-18-13(8-12-4-3-11(17)10-19-12)15-9-16-14(21-15)5-7-20-16/h3-5,7,9-10,13,18H,2,6,8H2,1H3. The molecule has 1 atom stereocenters. The van der Waals surface area contributed by atoms with Gasteiger partial charge in [0.2, 0.25) is 0 Å². The zero-order chi connectivity index (χ0) is 14.7. The van der Waals surface area contributed by atoms with Crippen LogP contribution in [-0.4, -0.2) is 11.5 Å². The zero-order valence-corrected chi connectivity index (χ0v) is 15.0. The summed E-state index contributed by atoms with van der Waals surface area (Å²) in [4.78, 5) is 5.93. The lowest BCUT2D eigenvalue weighted by atomic mass is 10.1. The Morgan fingerprint density at radius 3 is 2.90 bits per heavy atom. The van der Waals surface area contributed by atoms with Crippen LogP contribution in [0.15, 0.2) is 40.3 Å². The van der Waals surface area contributed by atoms with Crippen LogP contribution >= 0.6 is 38.6 Å². The van der Waals surface area contributed by atoms with Crippen LogP contribution in [0.4, 0.5) is 0 Å². The fourth-order valence-corrected chi connectivity index (χ4v) is 4.71. The first-order valence-corrected chi connectivity index (χ1v) is 9.56. The van der Waals surface area contributed by atoms with Gasteiger partial charge in [-0.05, 0) is 58.5 Å². The van der Waals surface area contributed by atoms with Crippen LogP contribution in [0.2, 0.25) is 0 Å². The average Bonchev–Trinajstić information content (AvgIpc) is 3.06. The number of nitrogens with zero attached hydrogens (tertiary/aromatic N) is 1. The van der Waals surface area contributed by atoms with E-state index in [-0.39, 0.29) is 0 Å². The molecule has 1 unspecified atom stereocenters. The minimum atomic E-state index is 0.350. The molecule has 2 nitrogen and oxygen atoms in total. The van der Waals surface area contributed by atoms with Gasteiger partial charge in [0.15, 0.2) is 0 Å². The van der Waals surface area contributed by atoms with Crippen LogP contribution in [0.3, 0.4) is 0 Å². The van der Waals surface area contributed by atoms with E-state index in [2.05, 4.69) is 62.8 Å². The highest BCUT2D eigenvalue weighted by Gasteiger charge is 2.15. The molecule has 0 aliphatic carbocycles. The molecule has 0 bridgehead atoms. The Labute approximate surface area is 141 Å². The van der Waals surface area contributed by atoms with Gasteiger partial charge in [-0.25, -0.2) is 0 Å². The number of nitrogens with one attached hydrogen (secondary N) is 1. The van der Waals surface area contributed by atoms with Gasteiger partial charge in [0.05, 0.1) is 0 Å². The average molecular weight is 381 g/mol. The minimum Gasteiger partial charge on any atom is -0.309 e. The van der Waals surface area contributed by atoms with Crippen molar-refractivity contribution in [1.29, 1.82) is 0 Å². The van der Waals surface area contributed by atoms with Crippen LogP contribution in [0, 0.1) is 0 Å². The molecule has 0 aliphatic heterocycles. The monoisotopic (exact) mass is 380 g/mol. The molecule has 0 radical (unpaired) electrons. The Morgan fingerprint density at radius 1 is 1.29 bits per heavy atom. The van der Waals surface area contributed by atoms with E-state index >= 15 is 0 Å². The molecule has 3 aromatic heterocycles. The summed E-state index contributed by atoms with van der Waals surface area (Å²) in [6, 6.07) is 9.05. The zero-order valence-electron chi connectivity index (χ0n) is 11.8. The van der Waals surface area contributed by atoms with E-state index in [1.54, 1.807) is 0 Å². The van der Waals surface area contributed by atoms with E-state index in [0.717, 1.165) is 29.6 Å². The smallest absolute Gasteiger partial charge is 0.0471 e. The molecular formula is C16H17BrN2S2. The lowest BCUT2D eigenvalue weighted by Gasteiger charge is -2.16. The van der Waals surface area contributed by atoms with Crippen molar-refractivity contribution in [3.63, 3.8) is 0 Å². The van der Waals surface area contributed by atoms with Crippen LogP contribution in [0.25, 0.3) is 9.40 Å². The molecule has 5 heteroatoms. The lowest BCUT2D eigenvalue weighted by molar-refractivity contribution is 0.532. The first kappa shape index (κ1) is 15.2. The largest absolute Gasteiger partial charge is 0.309 e. The normalized spacial score (nSPS) is 12.9. The maximum Gasteiger partial charge on any atom is 0.0471 e. The van der Waals surface area contributed by atoms with E-state index in [1.807, 2.05) is 28.9 Å². The highest BCUT2D eigenvalue weighted by molar-refractivity contribution is 9.10. The van der Waals surface area contributed by atoms with E-state index in [0.29, 0.717) is 6.04 Å². The summed E-state index contributed by atoms with van der Waals surface area (Å²) in [6.07, 6.45) is 3.95. The summed E-state index contributed by atoms with van der Waals surface area (Å²) in [5, 5.41) is 5.83. The second kappa shape index (κ2) is 7.01. The van der Waals surface area contributed by atoms with Gasteiger partial charge in [-0.15, -0.1) is 22.7 Å². The number of fused-ring (bicyclic) bond motifs is 1. The van der Waals surface area contributed by atoms with Crippen molar-refractivity contribution in [2.45, 2.75) is 25.8 Å². The number of rotatable bonds is 6. The number of hydrogen-bond acceptors (Lipinski definition) is 4. The quantitative estimate of drug-likeness (QED) is 0.618. The fraction of sp³-hybridized carbons (Fsp3) is 0.312. The molecule has 110 valence electrons. The molecule has 3 aromatic rings. The van der Waals surface area contributed by atoms with Gasteiger partial charge >= 0.3 is 0 Å². The Hall–Kier alpha value is -0.750. The minimum absolute atomic E-state index is 0.350. The molecule has 3 rings (SSSR count). The summed E-state index contributed by atoms with van der Waals surface area (Å²) in [7, 11) is 0. The summed E-state index contributed by atoms with van der Waals surface area (Å²) in [5.74, 6) is 0. The van der Waals surface area contributed by atoms with Crippen molar-refractivity contribution in [1.82, 2.24) is 10.3 Å². The molecule has 3 heterocycles. The van der Waals surface area contributed by atoms with Gasteiger partial charge in [-0.3, -0.25) is 4.98 Å². The van der Waals surface area contributed by atoms with E-state index in [1.165, 1.54) is 14.3 Å². The third-order valence-corrected chi connectivity index (χ3v) is 6.02. The van der Waals surface area contributed by atoms with Crippen molar-refractivity contribution in [3.05, 3.63) is 50.9 Å². The molecular weight excluding hydrogens is 364 g/mol. The second-order valence-electron chi connectivity index (χ2n) is 4.98. The second-order valence-corrected chi connectivity index (χ2v) is 7.96. The summed E-state index contributed by atoms with van der Waals surface area (Å²) in [6.45, 7) is 3.24. The molecule has 0 aromatic carbocycles. The molecule has 0 saturated carbocycles. The predicted octanol–water partition coefficient (Wildman–Crippen LogP) is 5.40. The highest BCUT2D eigenvalue weighted by atomic mass is 79.9. The van der Waals surface area contributed by atoms with Crippen molar-refractivity contribution in [2.24, 2.45) is 0 Å². The van der Waals surface area contributed by atoms with Crippen molar-refractivity contribution in [2.75, 3.05) is 6.54 Å². The van der Waals surface area contributed by atoms with E-state index in [4.69, 9.17) is 0 Å². The topological polar surface area (TPSA) is 24.9 Å². The first-order chi connectivity index (χ1) is 10.3. The van der Waals surface area contributed by atoms with Crippen LogP contribution in [0.5, 0.6) is 0 Å². The molecule has 0 spiro atoms. The van der Waals surface area contributed by atoms with Crippen molar-refractivity contribution in [3.8, 4) is 0 Å². The molecule has 0 fully saturated rings. The summed E-state index contributed by atoms with van der Waals surface area (Å²) in [5.41, 5.74) is 1.13. The lowest BCUT2D eigenvalue weighted by Crippen LogP contribution is -2.23. The fourth-order valence-electron chi connectivity index (χ4n) is 2.28.